The van der Waals surface area contributed by atoms with Crippen molar-refractivity contribution in [1.29, 1.82) is 0 Å². The Kier molecular flexibility index (Phi) is 4.50. The van der Waals surface area contributed by atoms with Crippen LogP contribution in [0.25, 0.3) is 0 Å². The van der Waals surface area contributed by atoms with Crippen molar-refractivity contribution in [3.63, 3.8) is 0 Å². The molecule has 1 aromatic heterocycles. The molecule has 5 heteroatoms. The van der Waals surface area contributed by atoms with E-state index in [1.165, 1.54) is 0 Å². The van der Waals surface area contributed by atoms with Gasteiger partial charge < -0.3 is 14.8 Å². The van der Waals surface area contributed by atoms with Gasteiger partial charge in [0, 0.05) is 13.1 Å². The van der Waals surface area contributed by atoms with Crippen LogP contribution in [0.2, 0.25) is 0 Å². The van der Waals surface area contributed by atoms with Crippen LogP contribution in [0.15, 0.2) is 24.3 Å². The molecule has 2 rings (SSSR count). The zero-order valence-electron chi connectivity index (χ0n) is 12.4. The van der Waals surface area contributed by atoms with Gasteiger partial charge in [0.05, 0.1) is 37.8 Å². The van der Waals surface area contributed by atoms with E-state index in [0.717, 1.165) is 35.0 Å². The van der Waals surface area contributed by atoms with Gasteiger partial charge >= 0.3 is 0 Å². The van der Waals surface area contributed by atoms with Crippen molar-refractivity contribution in [2.45, 2.75) is 19.9 Å². The summed E-state index contributed by atoms with van der Waals surface area (Å²) in [4.78, 5) is 0. The second-order valence-corrected chi connectivity index (χ2v) is 4.52. The maximum Gasteiger partial charge on any atom is 0.145 e. The molecule has 0 aliphatic carbocycles. The van der Waals surface area contributed by atoms with Crippen LogP contribution in [0, 0.1) is 0 Å². The first kappa shape index (κ1) is 14.2. The quantitative estimate of drug-likeness (QED) is 0.880. The predicted octanol–water partition coefficient (Wildman–Crippen LogP) is 2.61. The zero-order valence-corrected chi connectivity index (χ0v) is 12.4. The number of nitrogens with zero attached hydrogens (tertiary/aromatic N) is 2. The molecule has 0 aliphatic rings. The molecule has 1 N–H and O–H groups in total. The summed E-state index contributed by atoms with van der Waals surface area (Å²) in [5.74, 6) is 1.54. The van der Waals surface area contributed by atoms with E-state index in [-0.39, 0.29) is 0 Å². The van der Waals surface area contributed by atoms with Gasteiger partial charge in [-0.3, -0.25) is 4.68 Å². The zero-order chi connectivity index (χ0) is 14.5. The summed E-state index contributed by atoms with van der Waals surface area (Å²) >= 11 is 0. The lowest BCUT2D eigenvalue weighted by atomic mass is 10.2. The highest BCUT2D eigenvalue weighted by Gasteiger charge is 2.07. The van der Waals surface area contributed by atoms with Crippen molar-refractivity contribution in [2.75, 3.05) is 19.5 Å². The Balaban J connectivity index is 2.11. The topological polar surface area (TPSA) is 48.3 Å². The van der Waals surface area contributed by atoms with Gasteiger partial charge in [-0.05, 0) is 24.6 Å². The Morgan fingerprint density at radius 3 is 2.60 bits per heavy atom. The first-order valence-electron chi connectivity index (χ1n) is 6.65. The Hall–Kier alpha value is -2.17. The van der Waals surface area contributed by atoms with E-state index < -0.39 is 0 Å². The molecule has 0 fully saturated rings. The average Bonchev–Trinajstić information content (AvgIpc) is 2.85. The SMILES string of the molecule is CCc1cc(CNc2ccc(OC)cc2OC)n(C)n1. The highest BCUT2D eigenvalue weighted by Crippen LogP contribution is 2.29. The molecule has 0 unspecified atom stereocenters. The fourth-order valence-electron chi connectivity index (χ4n) is 2.04. The minimum absolute atomic E-state index is 0.701. The van der Waals surface area contributed by atoms with Crippen molar-refractivity contribution in [1.82, 2.24) is 9.78 Å². The Labute approximate surface area is 119 Å². The van der Waals surface area contributed by atoms with Gasteiger partial charge in [0.25, 0.3) is 0 Å². The summed E-state index contributed by atoms with van der Waals surface area (Å²) in [5.41, 5.74) is 3.18. The summed E-state index contributed by atoms with van der Waals surface area (Å²) in [7, 11) is 5.25. The van der Waals surface area contributed by atoms with Crippen LogP contribution in [0.5, 0.6) is 11.5 Å². The lowest BCUT2D eigenvalue weighted by Crippen LogP contribution is -2.06. The maximum atomic E-state index is 5.37. The number of hydrogen-bond acceptors (Lipinski definition) is 4. The molecule has 0 aliphatic heterocycles. The molecule has 0 spiro atoms. The molecule has 20 heavy (non-hydrogen) atoms. The minimum Gasteiger partial charge on any atom is -0.497 e. The highest BCUT2D eigenvalue weighted by atomic mass is 16.5. The summed E-state index contributed by atoms with van der Waals surface area (Å²) in [6, 6.07) is 7.84. The first-order chi connectivity index (χ1) is 9.67. The monoisotopic (exact) mass is 275 g/mol. The number of benzene rings is 1. The van der Waals surface area contributed by atoms with E-state index in [0.29, 0.717) is 6.54 Å². The van der Waals surface area contributed by atoms with Gasteiger partial charge in [0.1, 0.15) is 11.5 Å². The Bertz CT molecular complexity index is 578. The molecule has 0 bridgehead atoms. The molecular weight excluding hydrogens is 254 g/mol. The van der Waals surface area contributed by atoms with Gasteiger partial charge in [-0.1, -0.05) is 6.92 Å². The second-order valence-electron chi connectivity index (χ2n) is 4.52. The number of nitrogens with one attached hydrogen (secondary N) is 1. The van der Waals surface area contributed by atoms with Crippen LogP contribution in [-0.4, -0.2) is 24.0 Å². The Morgan fingerprint density at radius 2 is 2.00 bits per heavy atom. The van der Waals surface area contributed by atoms with E-state index in [4.69, 9.17) is 9.47 Å². The minimum atomic E-state index is 0.701. The molecule has 0 saturated carbocycles. The molecule has 1 heterocycles. The van der Waals surface area contributed by atoms with E-state index in [2.05, 4.69) is 23.4 Å². The van der Waals surface area contributed by atoms with Crippen LogP contribution in [0.1, 0.15) is 18.3 Å². The number of ether oxygens (including phenoxy) is 2. The summed E-state index contributed by atoms with van der Waals surface area (Å²) in [5, 5.41) is 7.81. The fourth-order valence-corrected chi connectivity index (χ4v) is 2.04. The largest absolute Gasteiger partial charge is 0.497 e. The number of anilines is 1. The molecule has 0 amide bonds. The van der Waals surface area contributed by atoms with Crippen LogP contribution in [0.4, 0.5) is 5.69 Å². The van der Waals surface area contributed by atoms with E-state index >= 15 is 0 Å². The second kappa shape index (κ2) is 6.32. The number of hydrogen-bond donors (Lipinski definition) is 1. The van der Waals surface area contributed by atoms with E-state index in [1.54, 1.807) is 14.2 Å². The predicted molar refractivity (Wildman–Crippen MR) is 79.5 cm³/mol. The standard InChI is InChI=1S/C15H21N3O2/c1-5-11-8-12(18(2)17-11)10-16-14-7-6-13(19-3)9-15(14)20-4/h6-9,16H,5,10H2,1-4H3. The van der Waals surface area contributed by atoms with E-state index in [9.17, 15) is 0 Å². The third kappa shape index (κ3) is 3.04. The van der Waals surface area contributed by atoms with Gasteiger partial charge in [-0.25, -0.2) is 0 Å². The third-order valence-electron chi connectivity index (χ3n) is 3.26. The number of methoxy groups -OCH3 is 2. The number of aromatic nitrogens is 2. The first-order valence-corrected chi connectivity index (χ1v) is 6.65. The van der Waals surface area contributed by atoms with Gasteiger partial charge in [-0.2, -0.15) is 5.10 Å². The highest BCUT2D eigenvalue weighted by molar-refractivity contribution is 5.59. The normalized spacial score (nSPS) is 10.4. The number of aryl methyl sites for hydroxylation is 2. The fraction of sp³-hybridized carbons (Fsp3) is 0.400. The Morgan fingerprint density at radius 1 is 1.20 bits per heavy atom. The van der Waals surface area contributed by atoms with Gasteiger partial charge in [0.15, 0.2) is 0 Å². The summed E-state index contributed by atoms with van der Waals surface area (Å²) in [6.07, 6.45) is 0.944. The smallest absolute Gasteiger partial charge is 0.145 e. The van der Waals surface area contributed by atoms with E-state index in [1.807, 2.05) is 29.9 Å². The van der Waals surface area contributed by atoms with Crippen molar-refractivity contribution in [3.8, 4) is 11.5 Å². The number of rotatable bonds is 6. The molecule has 0 saturated heterocycles. The lowest BCUT2D eigenvalue weighted by Gasteiger charge is -2.12. The summed E-state index contributed by atoms with van der Waals surface area (Å²) in [6.45, 7) is 2.80. The molecular formula is C15H21N3O2. The van der Waals surface area contributed by atoms with Crippen molar-refractivity contribution in [3.05, 3.63) is 35.7 Å². The molecule has 0 atom stereocenters. The lowest BCUT2D eigenvalue weighted by molar-refractivity contribution is 0.395. The van der Waals surface area contributed by atoms with Crippen LogP contribution in [0.3, 0.4) is 0 Å². The van der Waals surface area contributed by atoms with Crippen LogP contribution < -0.4 is 14.8 Å². The van der Waals surface area contributed by atoms with Crippen molar-refractivity contribution >= 4 is 5.69 Å². The van der Waals surface area contributed by atoms with Crippen LogP contribution >= 0.6 is 0 Å². The van der Waals surface area contributed by atoms with Crippen LogP contribution in [-0.2, 0) is 20.0 Å². The third-order valence-corrected chi connectivity index (χ3v) is 3.26. The molecule has 108 valence electrons. The summed E-state index contributed by atoms with van der Waals surface area (Å²) < 4.78 is 12.5. The van der Waals surface area contributed by atoms with Gasteiger partial charge in [0.2, 0.25) is 0 Å². The molecule has 5 nitrogen and oxygen atoms in total. The molecule has 1 aromatic carbocycles. The van der Waals surface area contributed by atoms with Crippen molar-refractivity contribution in [2.24, 2.45) is 7.05 Å². The van der Waals surface area contributed by atoms with Gasteiger partial charge in [-0.15, -0.1) is 0 Å². The van der Waals surface area contributed by atoms with Crippen molar-refractivity contribution < 1.29 is 9.47 Å². The molecule has 0 radical (unpaired) electrons. The maximum absolute atomic E-state index is 5.37. The molecule has 2 aromatic rings. The average molecular weight is 275 g/mol.